The van der Waals surface area contributed by atoms with Crippen molar-refractivity contribution in [2.24, 2.45) is 0 Å². The van der Waals surface area contributed by atoms with Crippen LogP contribution in [0.2, 0.25) is 5.02 Å². The smallest absolute Gasteiger partial charge is 0.339 e. The van der Waals surface area contributed by atoms with E-state index in [1.54, 1.807) is 13.0 Å². The van der Waals surface area contributed by atoms with E-state index in [2.05, 4.69) is 5.10 Å². The van der Waals surface area contributed by atoms with Gasteiger partial charge in [0.1, 0.15) is 6.07 Å². The standard InChI is InChI=1S/C11H8ClN3O2/c1-2-17-11(16)7-3-9-10(12)8(4-13)5-14-15(9)6-7/h3,5-6H,2H2,1H3. The van der Waals surface area contributed by atoms with Gasteiger partial charge in [0, 0.05) is 6.20 Å². The average molecular weight is 250 g/mol. The zero-order chi connectivity index (χ0) is 12.4. The summed E-state index contributed by atoms with van der Waals surface area (Å²) in [5.74, 6) is -0.437. The van der Waals surface area contributed by atoms with E-state index in [1.165, 1.54) is 16.9 Å². The number of esters is 1. The second-order valence-corrected chi connectivity index (χ2v) is 3.64. The molecule has 0 spiro atoms. The Hall–Kier alpha value is -2.06. The Labute approximate surface area is 102 Å². The third kappa shape index (κ3) is 1.95. The zero-order valence-corrected chi connectivity index (χ0v) is 9.73. The van der Waals surface area contributed by atoms with Gasteiger partial charge in [-0.05, 0) is 13.0 Å². The highest BCUT2D eigenvalue weighted by Crippen LogP contribution is 2.22. The number of ether oxygens (including phenoxy) is 1. The van der Waals surface area contributed by atoms with Crippen LogP contribution in [0.15, 0.2) is 18.5 Å². The van der Waals surface area contributed by atoms with Gasteiger partial charge in [-0.25, -0.2) is 9.31 Å². The van der Waals surface area contributed by atoms with E-state index in [1.807, 2.05) is 6.07 Å². The van der Waals surface area contributed by atoms with E-state index in [9.17, 15) is 4.79 Å². The molecule has 2 aromatic rings. The number of rotatable bonds is 2. The van der Waals surface area contributed by atoms with Gasteiger partial charge in [-0.15, -0.1) is 0 Å². The van der Waals surface area contributed by atoms with Gasteiger partial charge in [-0.1, -0.05) is 11.6 Å². The lowest BCUT2D eigenvalue weighted by molar-refractivity contribution is 0.0526. The summed E-state index contributed by atoms with van der Waals surface area (Å²) < 4.78 is 6.31. The summed E-state index contributed by atoms with van der Waals surface area (Å²) in [5.41, 5.74) is 1.14. The molecule has 17 heavy (non-hydrogen) atoms. The summed E-state index contributed by atoms with van der Waals surface area (Å²) in [4.78, 5) is 11.5. The molecule has 0 unspecified atom stereocenters. The van der Waals surface area contributed by atoms with Crippen molar-refractivity contribution >= 4 is 23.1 Å². The van der Waals surface area contributed by atoms with Crippen molar-refractivity contribution in [1.82, 2.24) is 9.61 Å². The van der Waals surface area contributed by atoms with Crippen LogP contribution in [0.3, 0.4) is 0 Å². The first-order valence-corrected chi connectivity index (χ1v) is 5.29. The number of halogens is 1. The van der Waals surface area contributed by atoms with E-state index in [4.69, 9.17) is 21.6 Å². The van der Waals surface area contributed by atoms with Crippen molar-refractivity contribution in [3.05, 3.63) is 34.6 Å². The first-order chi connectivity index (χ1) is 8.17. The number of fused-ring (bicyclic) bond motifs is 1. The van der Waals surface area contributed by atoms with E-state index < -0.39 is 5.97 Å². The topological polar surface area (TPSA) is 67.4 Å². The molecule has 6 heteroatoms. The van der Waals surface area contributed by atoms with Crippen LogP contribution < -0.4 is 0 Å². The van der Waals surface area contributed by atoms with Crippen molar-refractivity contribution in [3.8, 4) is 6.07 Å². The van der Waals surface area contributed by atoms with Crippen LogP contribution in [-0.4, -0.2) is 22.2 Å². The fourth-order valence-electron chi connectivity index (χ4n) is 1.43. The Bertz CT molecular complexity index is 627. The Balaban J connectivity index is 2.55. The number of carbonyl (C=O) groups is 1. The molecular weight excluding hydrogens is 242 g/mol. The second-order valence-electron chi connectivity index (χ2n) is 3.26. The number of aromatic nitrogens is 2. The molecule has 0 aliphatic heterocycles. The predicted molar refractivity (Wildman–Crippen MR) is 60.9 cm³/mol. The maximum atomic E-state index is 11.5. The quantitative estimate of drug-likeness (QED) is 0.764. The molecule has 0 saturated carbocycles. The molecule has 2 rings (SSSR count). The predicted octanol–water partition coefficient (Wildman–Crippen LogP) is 2.04. The third-order valence-corrected chi connectivity index (χ3v) is 2.60. The van der Waals surface area contributed by atoms with Crippen molar-refractivity contribution in [2.75, 3.05) is 6.61 Å². The van der Waals surface area contributed by atoms with Gasteiger partial charge in [0.15, 0.2) is 0 Å². The van der Waals surface area contributed by atoms with E-state index >= 15 is 0 Å². The zero-order valence-electron chi connectivity index (χ0n) is 8.98. The molecule has 0 amide bonds. The number of nitrogens with zero attached hydrogens (tertiary/aromatic N) is 3. The summed E-state index contributed by atoms with van der Waals surface area (Å²) in [6.45, 7) is 2.03. The Morgan fingerprint density at radius 3 is 3.12 bits per heavy atom. The average Bonchev–Trinajstić information content (AvgIpc) is 2.75. The van der Waals surface area contributed by atoms with E-state index in [0.29, 0.717) is 17.7 Å². The van der Waals surface area contributed by atoms with Crippen molar-refractivity contribution in [2.45, 2.75) is 6.92 Å². The Morgan fingerprint density at radius 2 is 2.47 bits per heavy atom. The molecule has 0 radical (unpaired) electrons. The summed E-state index contributed by atoms with van der Waals surface area (Å²) in [6, 6.07) is 3.48. The first kappa shape index (κ1) is 11.4. The molecular formula is C11H8ClN3O2. The van der Waals surface area contributed by atoms with Gasteiger partial charge in [0.25, 0.3) is 0 Å². The van der Waals surface area contributed by atoms with Crippen LogP contribution in [-0.2, 0) is 4.74 Å². The SMILES string of the molecule is CCOC(=O)c1cc2c(Cl)c(C#N)cnn2c1. The lowest BCUT2D eigenvalue weighted by Gasteiger charge is -1.96. The molecule has 0 N–H and O–H groups in total. The minimum atomic E-state index is -0.437. The lowest BCUT2D eigenvalue weighted by Crippen LogP contribution is -2.02. The van der Waals surface area contributed by atoms with Gasteiger partial charge in [0.05, 0.1) is 34.5 Å². The van der Waals surface area contributed by atoms with Crippen LogP contribution in [0, 0.1) is 11.3 Å². The molecule has 0 aromatic carbocycles. The minimum Gasteiger partial charge on any atom is -0.462 e. The van der Waals surface area contributed by atoms with Crippen LogP contribution in [0.4, 0.5) is 0 Å². The maximum absolute atomic E-state index is 11.5. The third-order valence-electron chi connectivity index (χ3n) is 2.20. The fraction of sp³-hybridized carbons (Fsp3) is 0.182. The highest BCUT2D eigenvalue weighted by molar-refractivity contribution is 6.35. The highest BCUT2D eigenvalue weighted by Gasteiger charge is 2.13. The number of nitriles is 1. The molecule has 0 aliphatic carbocycles. The normalized spacial score (nSPS) is 10.2. The summed E-state index contributed by atoms with van der Waals surface area (Å²) in [7, 11) is 0. The van der Waals surface area contributed by atoms with E-state index in [-0.39, 0.29) is 10.6 Å². The monoisotopic (exact) mass is 249 g/mol. The largest absolute Gasteiger partial charge is 0.462 e. The molecule has 0 bridgehead atoms. The summed E-state index contributed by atoms with van der Waals surface area (Å²) in [6.07, 6.45) is 2.87. The van der Waals surface area contributed by atoms with Crippen molar-refractivity contribution in [1.29, 1.82) is 5.26 Å². The number of hydrogen-bond donors (Lipinski definition) is 0. The van der Waals surface area contributed by atoms with Crippen LogP contribution in [0.1, 0.15) is 22.8 Å². The maximum Gasteiger partial charge on any atom is 0.339 e. The molecule has 2 aromatic heterocycles. The van der Waals surface area contributed by atoms with Crippen molar-refractivity contribution < 1.29 is 9.53 Å². The van der Waals surface area contributed by atoms with Crippen LogP contribution >= 0.6 is 11.6 Å². The van der Waals surface area contributed by atoms with Gasteiger partial charge in [-0.2, -0.15) is 10.4 Å². The summed E-state index contributed by atoms with van der Waals surface area (Å²) >= 11 is 6.00. The molecule has 0 fully saturated rings. The van der Waals surface area contributed by atoms with Gasteiger partial charge in [-0.3, -0.25) is 0 Å². The molecule has 86 valence electrons. The van der Waals surface area contributed by atoms with Crippen LogP contribution in [0.25, 0.3) is 5.52 Å². The first-order valence-electron chi connectivity index (χ1n) is 4.91. The summed E-state index contributed by atoms with van der Waals surface area (Å²) in [5, 5.41) is 13.1. The Kier molecular flexibility index (Phi) is 2.98. The molecule has 0 saturated heterocycles. The molecule has 5 nitrogen and oxygen atoms in total. The number of hydrogen-bond acceptors (Lipinski definition) is 4. The molecule has 2 heterocycles. The van der Waals surface area contributed by atoms with Crippen LogP contribution in [0.5, 0.6) is 0 Å². The number of carbonyl (C=O) groups excluding carboxylic acids is 1. The molecule has 0 aliphatic rings. The molecule has 0 atom stereocenters. The Morgan fingerprint density at radius 1 is 1.71 bits per heavy atom. The highest BCUT2D eigenvalue weighted by atomic mass is 35.5. The van der Waals surface area contributed by atoms with E-state index in [0.717, 1.165) is 0 Å². The van der Waals surface area contributed by atoms with Gasteiger partial charge in [0.2, 0.25) is 0 Å². The minimum absolute atomic E-state index is 0.271. The van der Waals surface area contributed by atoms with Crippen molar-refractivity contribution in [3.63, 3.8) is 0 Å². The fourth-order valence-corrected chi connectivity index (χ4v) is 1.66. The lowest BCUT2D eigenvalue weighted by atomic mass is 10.3. The van der Waals surface area contributed by atoms with Gasteiger partial charge < -0.3 is 4.74 Å². The second kappa shape index (κ2) is 4.44. The van der Waals surface area contributed by atoms with Gasteiger partial charge >= 0.3 is 5.97 Å².